The second-order valence-electron chi connectivity index (χ2n) is 5.26. The van der Waals surface area contributed by atoms with E-state index in [2.05, 4.69) is 5.10 Å². The van der Waals surface area contributed by atoms with Crippen LogP contribution in [0.25, 0.3) is 0 Å². The summed E-state index contributed by atoms with van der Waals surface area (Å²) in [5, 5.41) is 4.43. The molecule has 0 aliphatic carbocycles. The first kappa shape index (κ1) is 15.6. The minimum Gasteiger partial charge on any atom is -0.291 e. The zero-order valence-electron chi connectivity index (χ0n) is 12.9. The van der Waals surface area contributed by atoms with Crippen molar-refractivity contribution < 1.29 is 4.79 Å². The Balaban J connectivity index is 2.44. The largest absolute Gasteiger partial charge is 0.291 e. The zero-order valence-corrected chi connectivity index (χ0v) is 13.6. The Morgan fingerprint density at radius 1 is 1.24 bits per heavy atom. The number of alkyl halides is 1. The smallest absolute Gasteiger partial charge is 0.243 e. The summed E-state index contributed by atoms with van der Waals surface area (Å²) in [4.78, 5) is 14.0. The summed E-state index contributed by atoms with van der Waals surface area (Å²) >= 11 is 5.79. The lowest BCUT2D eigenvalue weighted by Crippen LogP contribution is -2.35. The van der Waals surface area contributed by atoms with E-state index < -0.39 is 0 Å². The van der Waals surface area contributed by atoms with Gasteiger partial charge in [0.05, 0.1) is 11.4 Å². The summed E-state index contributed by atoms with van der Waals surface area (Å²) in [6.07, 6.45) is 0. The van der Waals surface area contributed by atoms with Crippen molar-refractivity contribution in [1.29, 1.82) is 0 Å². The second-order valence-corrected chi connectivity index (χ2v) is 5.53. The van der Waals surface area contributed by atoms with Crippen LogP contribution in [0, 0.1) is 27.7 Å². The van der Waals surface area contributed by atoms with Gasteiger partial charge < -0.3 is 0 Å². The maximum Gasteiger partial charge on any atom is 0.243 e. The van der Waals surface area contributed by atoms with Gasteiger partial charge in [0.25, 0.3) is 0 Å². The molecule has 21 heavy (non-hydrogen) atoms. The fourth-order valence-electron chi connectivity index (χ4n) is 2.53. The summed E-state index contributed by atoms with van der Waals surface area (Å²) < 4.78 is 1.83. The molecular formula is C16H20ClN3O. The first-order valence-electron chi connectivity index (χ1n) is 6.87. The summed E-state index contributed by atoms with van der Waals surface area (Å²) in [6.45, 7) is 8.29. The molecule has 0 atom stereocenters. The van der Waals surface area contributed by atoms with Crippen molar-refractivity contribution in [3.63, 3.8) is 0 Å². The van der Waals surface area contributed by atoms with E-state index >= 15 is 0 Å². The predicted octanol–water partition coefficient (Wildman–Crippen LogP) is 3.35. The molecule has 0 N–H and O–H groups in total. The Morgan fingerprint density at radius 3 is 2.33 bits per heavy atom. The highest BCUT2D eigenvalue weighted by Gasteiger charge is 2.20. The maximum absolute atomic E-state index is 12.3. The van der Waals surface area contributed by atoms with Crippen LogP contribution in [-0.2, 0) is 11.5 Å². The molecule has 112 valence electrons. The third kappa shape index (κ3) is 3.27. The molecule has 0 bridgehead atoms. The highest BCUT2D eigenvalue weighted by atomic mass is 35.5. The molecule has 0 spiro atoms. The Morgan fingerprint density at radius 2 is 1.86 bits per heavy atom. The van der Waals surface area contributed by atoms with Gasteiger partial charge >= 0.3 is 0 Å². The first-order valence-corrected chi connectivity index (χ1v) is 7.41. The Kier molecular flexibility index (Phi) is 4.68. The molecule has 2 aromatic rings. The number of aryl methyl sites for hydroxylation is 4. The molecule has 4 nitrogen and oxygen atoms in total. The fourth-order valence-corrected chi connectivity index (χ4v) is 2.67. The average molecular weight is 306 g/mol. The highest BCUT2D eigenvalue weighted by Crippen LogP contribution is 2.25. The standard InChI is InChI=1S/C16H20ClN3O/c1-11-6-5-7-12(2)16(11)19(15(21)9-17)10-20-14(4)8-13(3)18-20/h5-8H,9-10H2,1-4H3. The van der Waals surface area contributed by atoms with Gasteiger partial charge in [-0.2, -0.15) is 5.10 Å². The minimum absolute atomic E-state index is 0.0485. The van der Waals surface area contributed by atoms with E-state index in [1.54, 1.807) is 4.90 Å². The number of aromatic nitrogens is 2. The van der Waals surface area contributed by atoms with Gasteiger partial charge in [-0.25, -0.2) is 4.68 Å². The molecule has 0 radical (unpaired) electrons. The number of halogens is 1. The number of hydrogen-bond acceptors (Lipinski definition) is 2. The lowest BCUT2D eigenvalue weighted by atomic mass is 10.1. The summed E-state index contributed by atoms with van der Waals surface area (Å²) in [6, 6.07) is 7.98. The quantitative estimate of drug-likeness (QED) is 0.813. The molecule has 1 heterocycles. The number of hydrogen-bond donors (Lipinski definition) is 0. The van der Waals surface area contributed by atoms with Crippen LogP contribution in [0.4, 0.5) is 5.69 Å². The van der Waals surface area contributed by atoms with Gasteiger partial charge in [-0.1, -0.05) is 18.2 Å². The predicted molar refractivity (Wildman–Crippen MR) is 85.8 cm³/mol. The van der Waals surface area contributed by atoms with E-state index in [1.807, 2.05) is 56.6 Å². The Bertz CT molecular complexity index is 643. The molecular weight excluding hydrogens is 286 g/mol. The molecule has 0 saturated carbocycles. The second kappa shape index (κ2) is 6.31. The molecule has 0 aliphatic heterocycles. The van der Waals surface area contributed by atoms with Crippen LogP contribution in [0.3, 0.4) is 0 Å². The van der Waals surface area contributed by atoms with Crippen molar-refractivity contribution in [3.05, 3.63) is 46.8 Å². The van der Waals surface area contributed by atoms with Crippen LogP contribution in [0.5, 0.6) is 0 Å². The molecule has 1 aromatic carbocycles. The fraction of sp³-hybridized carbons (Fsp3) is 0.375. The van der Waals surface area contributed by atoms with E-state index in [0.717, 1.165) is 28.2 Å². The van der Waals surface area contributed by atoms with Crippen molar-refractivity contribution >= 4 is 23.2 Å². The number of para-hydroxylation sites is 1. The number of rotatable bonds is 4. The van der Waals surface area contributed by atoms with Gasteiger partial charge in [0.1, 0.15) is 12.5 Å². The van der Waals surface area contributed by atoms with Crippen LogP contribution in [-0.4, -0.2) is 21.6 Å². The monoisotopic (exact) mass is 305 g/mol. The Hall–Kier alpha value is -1.81. The Labute approximate surface area is 130 Å². The van der Waals surface area contributed by atoms with Crippen LogP contribution in [0.1, 0.15) is 22.5 Å². The number of anilines is 1. The van der Waals surface area contributed by atoms with Gasteiger partial charge in [-0.05, 0) is 44.9 Å². The lowest BCUT2D eigenvalue weighted by molar-refractivity contribution is -0.116. The summed E-state index contributed by atoms with van der Waals surface area (Å²) in [5.41, 5.74) is 4.97. The molecule has 5 heteroatoms. The first-order chi connectivity index (χ1) is 9.93. The van der Waals surface area contributed by atoms with Crippen molar-refractivity contribution in [2.75, 3.05) is 10.8 Å². The number of carbonyl (C=O) groups excluding carboxylic acids is 1. The number of carbonyl (C=O) groups is 1. The van der Waals surface area contributed by atoms with E-state index in [0.29, 0.717) is 6.67 Å². The van der Waals surface area contributed by atoms with Gasteiger partial charge in [-0.3, -0.25) is 9.69 Å². The molecule has 0 unspecified atom stereocenters. The van der Waals surface area contributed by atoms with Crippen molar-refractivity contribution in [1.82, 2.24) is 9.78 Å². The molecule has 0 saturated heterocycles. The number of amides is 1. The van der Waals surface area contributed by atoms with Crippen LogP contribution in [0.15, 0.2) is 24.3 Å². The molecule has 2 rings (SSSR count). The lowest BCUT2D eigenvalue weighted by Gasteiger charge is -2.26. The van der Waals surface area contributed by atoms with Gasteiger partial charge in [-0.15, -0.1) is 11.6 Å². The third-order valence-corrected chi connectivity index (χ3v) is 3.73. The van der Waals surface area contributed by atoms with Crippen molar-refractivity contribution in [2.24, 2.45) is 0 Å². The van der Waals surface area contributed by atoms with E-state index in [9.17, 15) is 4.79 Å². The molecule has 0 aliphatic rings. The molecule has 1 amide bonds. The van der Waals surface area contributed by atoms with Gasteiger partial charge in [0.2, 0.25) is 5.91 Å². The summed E-state index contributed by atoms with van der Waals surface area (Å²) in [5.74, 6) is -0.172. The van der Waals surface area contributed by atoms with Crippen LogP contribution in [0.2, 0.25) is 0 Å². The number of benzene rings is 1. The zero-order chi connectivity index (χ0) is 15.6. The summed E-state index contributed by atoms with van der Waals surface area (Å²) in [7, 11) is 0. The SMILES string of the molecule is Cc1cc(C)n(CN(C(=O)CCl)c2c(C)cccc2C)n1. The van der Waals surface area contributed by atoms with Gasteiger partial charge in [0, 0.05) is 5.69 Å². The van der Waals surface area contributed by atoms with Gasteiger partial charge in [0.15, 0.2) is 0 Å². The minimum atomic E-state index is -0.124. The maximum atomic E-state index is 12.3. The third-order valence-electron chi connectivity index (χ3n) is 3.50. The van der Waals surface area contributed by atoms with E-state index in [-0.39, 0.29) is 11.8 Å². The van der Waals surface area contributed by atoms with E-state index in [4.69, 9.17) is 11.6 Å². The van der Waals surface area contributed by atoms with Crippen LogP contribution >= 0.6 is 11.6 Å². The van der Waals surface area contributed by atoms with Crippen molar-refractivity contribution in [3.8, 4) is 0 Å². The molecule has 0 fully saturated rings. The normalized spacial score (nSPS) is 10.7. The van der Waals surface area contributed by atoms with E-state index in [1.165, 1.54) is 0 Å². The molecule has 1 aromatic heterocycles. The average Bonchev–Trinajstić information content (AvgIpc) is 2.74. The van der Waals surface area contributed by atoms with Crippen molar-refractivity contribution in [2.45, 2.75) is 34.4 Å². The topological polar surface area (TPSA) is 38.1 Å². The van der Waals surface area contributed by atoms with Crippen LogP contribution < -0.4 is 4.90 Å². The highest BCUT2D eigenvalue weighted by molar-refractivity contribution is 6.29. The number of nitrogens with zero attached hydrogens (tertiary/aromatic N) is 3.